The van der Waals surface area contributed by atoms with Crippen molar-refractivity contribution in [1.29, 1.82) is 0 Å². The Balaban J connectivity index is 1.90. The van der Waals surface area contributed by atoms with E-state index in [0.29, 0.717) is 24.1 Å². The highest BCUT2D eigenvalue weighted by Gasteiger charge is 2.06. The quantitative estimate of drug-likeness (QED) is 0.582. The zero-order chi connectivity index (χ0) is 13.1. The number of hydrogen-bond donors (Lipinski definition) is 0. The normalized spacial score (nSPS) is 16.3. The molecular weight excluding hydrogens is 244 g/mol. The van der Waals surface area contributed by atoms with E-state index in [4.69, 9.17) is 4.74 Å². The Kier molecular flexibility index (Phi) is 3.24. The SMILES string of the molecule is O=c1c2ccccc2ncn1/N=C/N1CCOCC1. The van der Waals surface area contributed by atoms with E-state index in [2.05, 4.69) is 10.1 Å². The fourth-order valence-corrected chi connectivity index (χ4v) is 1.96. The van der Waals surface area contributed by atoms with Crippen molar-refractivity contribution in [2.24, 2.45) is 5.10 Å². The largest absolute Gasteiger partial charge is 0.378 e. The summed E-state index contributed by atoms with van der Waals surface area (Å²) in [5.74, 6) is 0. The molecule has 0 spiro atoms. The maximum Gasteiger partial charge on any atom is 0.281 e. The zero-order valence-electron chi connectivity index (χ0n) is 10.4. The summed E-state index contributed by atoms with van der Waals surface area (Å²) in [7, 11) is 0. The van der Waals surface area contributed by atoms with Crippen molar-refractivity contribution < 1.29 is 4.74 Å². The molecule has 1 aromatic heterocycles. The van der Waals surface area contributed by atoms with Gasteiger partial charge in [-0.2, -0.15) is 9.78 Å². The summed E-state index contributed by atoms with van der Waals surface area (Å²) < 4.78 is 6.51. The molecule has 1 fully saturated rings. The first-order valence-corrected chi connectivity index (χ1v) is 6.17. The van der Waals surface area contributed by atoms with Crippen LogP contribution in [0, 0.1) is 0 Å². The van der Waals surface area contributed by atoms with Crippen LogP contribution in [0.3, 0.4) is 0 Å². The van der Waals surface area contributed by atoms with Crippen LogP contribution in [-0.4, -0.2) is 47.2 Å². The highest BCUT2D eigenvalue weighted by Crippen LogP contribution is 2.04. The lowest BCUT2D eigenvalue weighted by Crippen LogP contribution is -2.35. The van der Waals surface area contributed by atoms with Crippen molar-refractivity contribution in [3.8, 4) is 0 Å². The van der Waals surface area contributed by atoms with E-state index in [9.17, 15) is 4.79 Å². The van der Waals surface area contributed by atoms with Crippen molar-refractivity contribution in [1.82, 2.24) is 14.6 Å². The molecule has 0 atom stereocenters. The molecule has 1 aliphatic heterocycles. The van der Waals surface area contributed by atoms with E-state index in [-0.39, 0.29) is 5.56 Å². The van der Waals surface area contributed by atoms with Gasteiger partial charge in [-0.05, 0) is 12.1 Å². The molecule has 0 radical (unpaired) electrons. The molecule has 1 saturated heterocycles. The van der Waals surface area contributed by atoms with Crippen LogP contribution in [0.5, 0.6) is 0 Å². The van der Waals surface area contributed by atoms with Crippen molar-refractivity contribution >= 4 is 17.2 Å². The molecule has 19 heavy (non-hydrogen) atoms. The molecule has 0 N–H and O–H groups in total. The summed E-state index contributed by atoms with van der Waals surface area (Å²) in [4.78, 5) is 18.4. The third kappa shape index (κ3) is 2.48. The summed E-state index contributed by atoms with van der Waals surface area (Å²) in [6, 6.07) is 7.25. The lowest BCUT2D eigenvalue weighted by atomic mass is 10.2. The van der Waals surface area contributed by atoms with Crippen LogP contribution in [-0.2, 0) is 4.74 Å². The van der Waals surface area contributed by atoms with Gasteiger partial charge in [0, 0.05) is 13.1 Å². The Hall–Kier alpha value is -2.21. The molecule has 98 valence electrons. The highest BCUT2D eigenvalue weighted by molar-refractivity contribution is 5.76. The zero-order valence-corrected chi connectivity index (χ0v) is 10.4. The van der Waals surface area contributed by atoms with E-state index < -0.39 is 0 Å². The predicted molar refractivity (Wildman–Crippen MR) is 72.3 cm³/mol. The Morgan fingerprint density at radius 1 is 1.26 bits per heavy atom. The van der Waals surface area contributed by atoms with Crippen LogP contribution < -0.4 is 5.56 Å². The van der Waals surface area contributed by atoms with Gasteiger partial charge in [-0.1, -0.05) is 12.1 Å². The lowest BCUT2D eigenvalue weighted by molar-refractivity contribution is 0.0699. The number of aromatic nitrogens is 2. The molecule has 0 amide bonds. The molecule has 0 saturated carbocycles. The van der Waals surface area contributed by atoms with E-state index in [0.717, 1.165) is 13.1 Å². The first kappa shape index (κ1) is 11.9. The molecule has 1 aliphatic rings. The van der Waals surface area contributed by atoms with Crippen LogP contribution in [0.1, 0.15) is 0 Å². The number of nitrogens with zero attached hydrogens (tertiary/aromatic N) is 4. The van der Waals surface area contributed by atoms with Crippen LogP contribution in [0.2, 0.25) is 0 Å². The average molecular weight is 258 g/mol. The minimum Gasteiger partial charge on any atom is -0.378 e. The van der Waals surface area contributed by atoms with Crippen molar-refractivity contribution in [3.05, 3.63) is 40.9 Å². The van der Waals surface area contributed by atoms with Gasteiger partial charge in [0.15, 0.2) is 0 Å². The maximum absolute atomic E-state index is 12.2. The van der Waals surface area contributed by atoms with Crippen molar-refractivity contribution in [3.63, 3.8) is 0 Å². The van der Waals surface area contributed by atoms with Crippen LogP contribution in [0.25, 0.3) is 10.9 Å². The minimum absolute atomic E-state index is 0.157. The number of fused-ring (bicyclic) bond motifs is 1. The summed E-state index contributed by atoms with van der Waals surface area (Å²) in [6.07, 6.45) is 3.11. The number of ether oxygens (including phenoxy) is 1. The average Bonchev–Trinajstić information content (AvgIpc) is 2.48. The summed E-state index contributed by atoms with van der Waals surface area (Å²) in [5, 5.41) is 4.74. The maximum atomic E-state index is 12.2. The molecule has 2 heterocycles. The van der Waals surface area contributed by atoms with Crippen LogP contribution in [0.15, 0.2) is 40.5 Å². The van der Waals surface area contributed by atoms with E-state index in [1.54, 1.807) is 12.4 Å². The predicted octanol–water partition coefficient (Wildman–Crippen LogP) is 0.520. The minimum atomic E-state index is -0.157. The van der Waals surface area contributed by atoms with Crippen molar-refractivity contribution in [2.45, 2.75) is 0 Å². The highest BCUT2D eigenvalue weighted by atomic mass is 16.5. The van der Waals surface area contributed by atoms with Crippen LogP contribution in [0.4, 0.5) is 0 Å². The van der Waals surface area contributed by atoms with Crippen LogP contribution >= 0.6 is 0 Å². The number of rotatable bonds is 2. The topological polar surface area (TPSA) is 59.7 Å². The molecule has 0 unspecified atom stereocenters. The number of hydrogen-bond acceptors (Lipinski definition) is 4. The van der Waals surface area contributed by atoms with Gasteiger partial charge in [0.2, 0.25) is 0 Å². The molecule has 0 bridgehead atoms. The Labute approximate surface area is 109 Å². The van der Waals surface area contributed by atoms with Gasteiger partial charge >= 0.3 is 0 Å². The molecule has 1 aromatic carbocycles. The Bertz CT molecular complexity index is 659. The number of benzene rings is 1. The third-order valence-corrected chi connectivity index (χ3v) is 3.03. The number of para-hydroxylation sites is 1. The standard InChI is InChI=1S/C13H14N4O2/c18-13-11-3-1-2-4-12(11)14-9-17(13)15-10-16-5-7-19-8-6-16/h1-4,9-10H,5-8H2/b15-10+. The third-order valence-electron chi connectivity index (χ3n) is 3.03. The lowest BCUT2D eigenvalue weighted by Gasteiger charge is -2.23. The van der Waals surface area contributed by atoms with Gasteiger partial charge in [0.1, 0.15) is 12.7 Å². The Morgan fingerprint density at radius 2 is 2.05 bits per heavy atom. The van der Waals surface area contributed by atoms with Gasteiger partial charge in [-0.15, -0.1) is 0 Å². The van der Waals surface area contributed by atoms with Crippen molar-refractivity contribution in [2.75, 3.05) is 26.3 Å². The molecule has 2 aromatic rings. The van der Waals surface area contributed by atoms with Gasteiger partial charge in [-0.25, -0.2) is 4.98 Å². The van der Waals surface area contributed by atoms with Gasteiger partial charge in [0.05, 0.1) is 24.1 Å². The first-order chi connectivity index (χ1) is 9.34. The molecular formula is C13H14N4O2. The summed E-state index contributed by atoms with van der Waals surface area (Å²) >= 11 is 0. The summed E-state index contributed by atoms with van der Waals surface area (Å²) in [6.45, 7) is 2.96. The second-order valence-corrected chi connectivity index (χ2v) is 4.29. The monoisotopic (exact) mass is 258 g/mol. The molecule has 0 aliphatic carbocycles. The molecule has 3 rings (SSSR count). The Morgan fingerprint density at radius 3 is 2.89 bits per heavy atom. The smallest absolute Gasteiger partial charge is 0.281 e. The summed E-state index contributed by atoms with van der Waals surface area (Å²) in [5.41, 5.74) is 0.528. The van der Waals surface area contributed by atoms with E-state index in [1.165, 1.54) is 11.0 Å². The van der Waals surface area contributed by atoms with E-state index >= 15 is 0 Å². The second-order valence-electron chi connectivity index (χ2n) is 4.29. The molecule has 6 heteroatoms. The molecule has 6 nitrogen and oxygen atoms in total. The fraction of sp³-hybridized carbons (Fsp3) is 0.308. The van der Waals surface area contributed by atoms with E-state index in [1.807, 2.05) is 23.1 Å². The fourth-order valence-electron chi connectivity index (χ4n) is 1.96. The van der Waals surface area contributed by atoms with Gasteiger partial charge < -0.3 is 9.64 Å². The number of morpholine rings is 1. The first-order valence-electron chi connectivity index (χ1n) is 6.17. The van der Waals surface area contributed by atoms with Gasteiger partial charge in [0.25, 0.3) is 5.56 Å². The van der Waals surface area contributed by atoms with Gasteiger partial charge in [-0.3, -0.25) is 4.79 Å². The second kappa shape index (κ2) is 5.19.